The number of fused-ring (bicyclic) bond motifs is 1. The summed E-state index contributed by atoms with van der Waals surface area (Å²) in [4.78, 5) is 0. The number of methoxy groups -OCH3 is 1. The Hall–Kier alpha value is -1.07. The largest absolute Gasteiger partial charge is 0.496 e. The van der Waals surface area contributed by atoms with E-state index in [1.165, 1.54) is 5.56 Å². The van der Waals surface area contributed by atoms with Crippen molar-refractivity contribution in [3.05, 3.63) is 23.3 Å². The molecule has 5 heteroatoms. The molecule has 1 aliphatic heterocycles. The lowest BCUT2D eigenvalue weighted by atomic mass is 10.1. The van der Waals surface area contributed by atoms with Gasteiger partial charge >= 0.3 is 0 Å². The molecule has 3 unspecified atom stereocenters. The summed E-state index contributed by atoms with van der Waals surface area (Å²) in [5.74, 6) is 2.61. The summed E-state index contributed by atoms with van der Waals surface area (Å²) in [5.41, 5.74) is 2.33. The number of nitrogens with one attached hydrogen (secondary N) is 1. The lowest BCUT2D eigenvalue weighted by Gasteiger charge is -2.16. The van der Waals surface area contributed by atoms with Crippen LogP contribution in [0.4, 0.5) is 0 Å². The number of hydrogen-bond acceptors (Lipinski definition) is 4. The second-order valence-corrected chi connectivity index (χ2v) is 7.31. The topological polar surface area (TPSA) is 47.6 Å². The Labute approximate surface area is 129 Å². The van der Waals surface area contributed by atoms with Crippen molar-refractivity contribution in [2.45, 2.75) is 45.4 Å². The van der Waals surface area contributed by atoms with Crippen LogP contribution in [-0.4, -0.2) is 35.5 Å². The summed E-state index contributed by atoms with van der Waals surface area (Å²) >= 11 is 0. The van der Waals surface area contributed by atoms with Crippen molar-refractivity contribution in [1.82, 2.24) is 5.32 Å². The van der Waals surface area contributed by atoms with Gasteiger partial charge in [0.1, 0.15) is 17.6 Å². The van der Waals surface area contributed by atoms with Gasteiger partial charge in [-0.05, 0) is 32.4 Å². The summed E-state index contributed by atoms with van der Waals surface area (Å²) in [7, 11) is 0.974. The van der Waals surface area contributed by atoms with E-state index in [4.69, 9.17) is 9.47 Å². The first-order valence-electron chi connectivity index (χ1n) is 7.39. The van der Waals surface area contributed by atoms with Crippen molar-refractivity contribution in [2.24, 2.45) is 0 Å². The van der Waals surface area contributed by atoms with Crippen LogP contribution in [0.5, 0.6) is 11.5 Å². The Morgan fingerprint density at radius 2 is 2.29 bits per heavy atom. The Kier molecular flexibility index (Phi) is 5.65. The van der Waals surface area contributed by atoms with Gasteiger partial charge in [-0.3, -0.25) is 4.21 Å². The molecule has 0 aromatic heterocycles. The zero-order chi connectivity index (χ0) is 15.4. The average molecular weight is 311 g/mol. The van der Waals surface area contributed by atoms with E-state index in [0.717, 1.165) is 42.2 Å². The van der Waals surface area contributed by atoms with Crippen LogP contribution >= 0.6 is 0 Å². The van der Waals surface area contributed by atoms with Crippen LogP contribution in [0.3, 0.4) is 0 Å². The molecular weight excluding hydrogens is 286 g/mol. The Morgan fingerprint density at radius 3 is 2.95 bits per heavy atom. The smallest absolute Gasteiger partial charge is 0.123 e. The standard InChI is InChI=1S/C16H25NO3S/c1-11(5-6-21(4)18)17-10-14-9-16-13(7-12(2)20-16)8-15(14)19-3/h8-9,11-12,17H,5-7,10H2,1-4H3. The monoisotopic (exact) mass is 311 g/mol. The van der Waals surface area contributed by atoms with Crippen LogP contribution in [0.2, 0.25) is 0 Å². The fourth-order valence-corrected chi connectivity index (χ4v) is 3.22. The molecule has 118 valence electrons. The lowest BCUT2D eigenvalue weighted by Crippen LogP contribution is -2.27. The SMILES string of the molecule is COc1cc2c(cc1CNC(C)CCS(C)=O)OC(C)C2. The average Bonchev–Trinajstić information content (AvgIpc) is 2.80. The molecular formula is C16H25NO3S. The first-order valence-corrected chi connectivity index (χ1v) is 9.12. The third-order valence-electron chi connectivity index (χ3n) is 3.78. The molecule has 1 aromatic carbocycles. The molecule has 1 aliphatic rings. The van der Waals surface area contributed by atoms with E-state index >= 15 is 0 Å². The molecule has 3 atom stereocenters. The quantitative estimate of drug-likeness (QED) is 0.839. The minimum atomic E-state index is -0.729. The van der Waals surface area contributed by atoms with Crippen molar-refractivity contribution in [3.8, 4) is 11.5 Å². The van der Waals surface area contributed by atoms with Gasteiger partial charge < -0.3 is 14.8 Å². The van der Waals surface area contributed by atoms with Crippen LogP contribution in [0, 0.1) is 0 Å². The fraction of sp³-hybridized carbons (Fsp3) is 0.625. The molecule has 0 radical (unpaired) electrons. The van der Waals surface area contributed by atoms with Crippen LogP contribution < -0.4 is 14.8 Å². The molecule has 0 saturated heterocycles. The predicted octanol–water partition coefficient (Wildman–Crippen LogP) is 2.27. The van der Waals surface area contributed by atoms with E-state index in [1.54, 1.807) is 13.4 Å². The van der Waals surface area contributed by atoms with Crippen LogP contribution in [-0.2, 0) is 23.8 Å². The van der Waals surface area contributed by atoms with Crippen LogP contribution in [0.1, 0.15) is 31.4 Å². The van der Waals surface area contributed by atoms with Crippen LogP contribution in [0.15, 0.2) is 12.1 Å². The van der Waals surface area contributed by atoms with Gasteiger partial charge in [-0.2, -0.15) is 0 Å². The summed E-state index contributed by atoms with van der Waals surface area (Å²) in [6.45, 7) is 4.92. The van der Waals surface area contributed by atoms with Crippen molar-refractivity contribution in [3.63, 3.8) is 0 Å². The van der Waals surface area contributed by atoms with Crippen molar-refractivity contribution < 1.29 is 13.7 Å². The molecule has 0 bridgehead atoms. The van der Waals surface area contributed by atoms with E-state index in [2.05, 4.69) is 31.3 Å². The second-order valence-electron chi connectivity index (χ2n) is 5.75. The van der Waals surface area contributed by atoms with E-state index in [0.29, 0.717) is 6.04 Å². The highest BCUT2D eigenvalue weighted by Gasteiger charge is 2.21. The summed E-state index contributed by atoms with van der Waals surface area (Å²) < 4.78 is 22.4. The molecule has 0 aliphatic carbocycles. The summed E-state index contributed by atoms with van der Waals surface area (Å²) in [6, 6.07) is 4.49. The second kappa shape index (κ2) is 7.27. The van der Waals surface area contributed by atoms with Crippen molar-refractivity contribution in [1.29, 1.82) is 0 Å². The molecule has 0 spiro atoms. The zero-order valence-corrected chi connectivity index (χ0v) is 14.1. The van der Waals surface area contributed by atoms with Gasteiger partial charge in [0, 0.05) is 52.9 Å². The number of hydrogen-bond donors (Lipinski definition) is 1. The van der Waals surface area contributed by atoms with Gasteiger partial charge in [0.25, 0.3) is 0 Å². The first kappa shape index (κ1) is 16.3. The summed E-state index contributed by atoms with van der Waals surface area (Å²) in [6.07, 6.45) is 3.84. The minimum Gasteiger partial charge on any atom is -0.496 e. The van der Waals surface area contributed by atoms with Crippen molar-refractivity contribution >= 4 is 10.8 Å². The lowest BCUT2D eigenvalue weighted by molar-refractivity contribution is 0.254. The van der Waals surface area contributed by atoms with Gasteiger partial charge in [-0.1, -0.05) is 0 Å². The number of ether oxygens (including phenoxy) is 2. The normalized spacial score (nSPS) is 19.7. The molecule has 1 aromatic rings. The highest BCUT2D eigenvalue weighted by atomic mass is 32.2. The number of rotatable bonds is 7. The number of benzene rings is 1. The molecule has 4 nitrogen and oxygen atoms in total. The molecule has 1 N–H and O–H groups in total. The van der Waals surface area contributed by atoms with Gasteiger partial charge in [0.05, 0.1) is 7.11 Å². The van der Waals surface area contributed by atoms with Gasteiger partial charge in [-0.15, -0.1) is 0 Å². The van der Waals surface area contributed by atoms with Gasteiger partial charge in [-0.25, -0.2) is 0 Å². The van der Waals surface area contributed by atoms with E-state index in [-0.39, 0.29) is 6.10 Å². The van der Waals surface area contributed by atoms with Crippen molar-refractivity contribution in [2.75, 3.05) is 19.1 Å². The molecule has 2 rings (SSSR count). The zero-order valence-electron chi connectivity index (χ0n) is 13.3. The highest BCUT2D eigenvalue weighted by Crippen LogP contribution is 2.34. The molecule has 0 fully saturated rings. The Bertz CT molecular complexity index is 518. The molecule has 1 heterocycles. The molecule has 21 heavy (non-hydrogen) atoms. The maximum absolute atomic E-state index is 11.1. The van der Waals surface area contributed by atoms with Gasteiger partial charge in [0.2, 0.25) is 0 Å². The van der Waals surface area contributed by atoms with E-state index < -0.39 is 10.8 Å². The maximum atomic E-state index is 11.1. The predicted molar refractivity (Wildman–Crippen MR) is 86.6 cm³/mol. The third kappa shape index (κ3) is 4.45. The highest BCUT2D eigenvalue weighted by molar-refractivity contribution is 7.84. The molecule has 0 amide bonds. The van der Waals surface area contributed by atoms with Gasteiger partial charge in [0.15, 0.2) is 0 Å². The Balaban J connectivity index is 1.99. The van der Waals surface area contributed by atoms with Crippen LogP contribution in [0.25, 0.3) is 0 Å². The van der Waals surface area contributed by atoms with E-state index in [9.17, 15) is 4.21 Å². The van der Waals surface area contributed by atoms with E-state index in [1.807, 2.05) is 0 Å². The third-order valence-corrected chi connectivity index (χ3v) is 4.59. The molecule has 0 saturated carbocycles. The minimum absolute atomic E-state index is 0.242. The first-order chi connectivity index (χ1) is 9.99. The maximum Gasteiger partial charge on any atom is 0.123 e. The fourth-order valence-electron chi connectivity index (χ4n) is 2.54. The Morgan fingerprint density at radius 1 is 1.52 bits per heavy atom. The summed E-state index contributed by atoms with van der Waals surface area (Å²) in [5, 5.41) is 3.46.